The molecule has 92 valence electrons. The number of hydrogen-bond donors (Lipinski definition) is 1. The zero-order chi connectivity index (χ0) is 12.3. The van der Waals surface area contributed by atoms with Gasteiger partial charge in [-0.05, 0) is 28.1 Å². The van der Waals surface area contributed by atoms with Gasteiger partial charge in [-0.2, -0.15) is 0 Å². The molecular weight excluding hydrogens is 288 g/mol. The minimum Gasteiger partial charge on any atom is -0.480 e. The molecule has 1 N–H and O–H groups in total. The van der Waals surface area contributed by atoms with Crippen LogP contribution < -0.4 is 0 Å². The Balaban J connectivity index is 2.25. The van der Waals surface area contributed by atoms with Crippen molar-refractivity contribution in [3.8, 4) is 0 Å². The van der Waals surface area contributed by atoms with Gasteiger partial charge in [0.05, 0.1) is 18.9 Å². The molecule has 17 heavy (non-hydrogen) atoms. The number of halogens is 1. The van der Waals surface area contributed by atoms with Crippen molar-refractivity contribution in [3.63, 3.8) is 0 Å². The number of carboxylic acids is 1. The van der Waals surface area contributed by atoms with E-state index in [2.05, 4.69) is 20.9 Å². The molecule has 0 aliphatic carbocycles. The van der Waals surface area contributed by atoms with E-state index in [0.29, 0.717) is 36.6 Å². The largest absolute Gasteiger partial charge is 0.480 e. The molecule has 0 bridgehead atoms. The normalized spacial score (nSPS) is 18.9. The van der Waals surface area contributed by atoms with Gasteiger partial charge in [0.15, 0.2) is 6.04 Å². The minimum atomic E-state index is -0.877. The second-order valence-electron chi connectivity index (χ2n) is 3.77. The molecule has 0 amide bonds. The zero-order valence-corrected chi connectivity index (χ0v) is 10.8. The van der Waals surface area contributed by atoms with E-state index in [9.17, 15) is 9.90 Å². The van der Waals surface area contributed by atoms with Gasteiger partial charge in [0.2, 0.25) is 0 Å². The first-order valence-electron chi connectivity index (χ1n) is 5.35. The highest BCUT2D eigenvalue weighted by molar-refractivity contribution is 9.10. The van der Waals surface area contributed by atoms with Gasteiger partial charge in [-0.3, -0.25) is 9.69 Å². The van der Waals surface area contributed by atoms with Crippen molar-refractivity contribution in [2.24, 2.45) is 0 Å². The van der Waals surface area contributed by atoms with E-state index in [1.807, 2.05) is 4.90 Å². The maximum absolute atomic E-state index is 11.4. The molecule has 1 aromatic rings. The number of nitrogens with zero attached hydrogens (tertiary/aromatic N) is 2. The van der Waals surface area contributed by atoms with Crippen LogP contribution in [-0.2, 0) is 9.53 Å². The van der Waals surface area contributed by atoms with E-state index < -0.39 is 12.0 Å². The smallest absolute Gasteiger partial charge is 0.327 e. The van der Waals surface area contributed by atoms with E-state index in [1.54, 1.807) is 18.2 Å². The molecule has 1 unspecified atom stereocenters. The summed E-state index contributed by atoms with van der Waals surface area (Å²) < 4.78 is 5.87. The summed E-state index contributed by atoms with van der Waals surface area (Å²) >= 11 is 3.26. The molecule has 1 atom stereocenters. The summed E-state index contributed by atoms with van der Waals surface area (Å²) in [5.74, 6) is -0.877. The molecule has 1 fully saturated rings. The summed E-state index contributed by atoms with van der Waals surface area (Å²) in [7, 11) is 0. The third-order valence-corrected chi connectivity index (χ3v) is 3.10. The Kier molecular flexibility index (Phi) is 4.09. The number of aromatic nitrogens is 1. The fraction of sp³-hybridized carbons (Fsp3) is 0.455. The first-order valence-corrected chi connectivity index (χ1v) is 6.15. The Morgan fingerprint density at radius 2 is 2.18 bits per heavy atom. The molecule has 1 aliphatic rings. The molecule has 0 spiro atoms. The summed E-state index contributed by atoms with van der Waals surface area (Å²) in [6, 6.07) is 4.61. The van der Waals surface area contributed by atoms with Crippen LogP contribution in [0.1, 0.15) is 11.7 Å². The number of carbonyl (C=O) groups is 1. The number of aliphatic carboxylic acids is 1. The summed E-state index contributed by atoms with van der Waals surface area (Å²) in [5, 5.41) is 9.33. The summed E-state index contributed by atoms with van der Waals surface area (Å²) in [6.07, 6.45) is 0. The van der Waals surface area contributed by atoms with E-state index >= 15 is 0 Å². The van der Waals surface area contributed by atoms with Crippen molar-refractivity contribution >= 4 is 21.9 Å². The first kappa shape index (κ1) is 12.5. The van der Waals surface area contributed by atoms with Gasteiger partial charge in [-0.25, -0.2) is 4.98 Å². The van der Waals surface area contributed by atoms with E-state index in [-0.39, 0.29) is 0 Å². The lowest BCUT2D eigenvalue weighted by molar-refractivity contribution is -0.145. The van der Waals surface area contributed by atoms with Gasteiger partial charge >= 0.3 is 5.97 Å². The maximum Gasteiger partial charge on any atom is 0.327 e. The predicted molar refractivity (Wildman–Crippen MR) is 64.7 cm³/mol. The second-order valence-corrected chi connectivity index (χ2v) is 4.59. The van der Waals surface area contributed by atoms with Crippen molar-refractivity contribution in [1.29, 1.82) is 0 Å². The third-order valence-electron chi connectivity index (χ3n) is 2.66. The molecule has 1 aromatic heterocycles. The van der Waals surface area contributed by atoms with Crippen LogP contribution in [0.2, 0.25) is 0 Å². The number of morpholine rings is 1. The van der Waals surface area contributed by atoms with E-state index in [0.717, 1.165) is 0 Å². The quantitative estimate of drug-likeness (QED) is 0.853. The van der Waals surface area contributed by atoms with Crippen LogP contribution in [0.4, 0.5) is 0 Å². The molecule has 0 radical (unpaired) electrons. The molecule has 6 heteroatoms. The third kappa shape index (κ3) is 3.02. The zero-order valence-electron chi connectivity index (χ0n) is 9.17. The number of pyridine rings is 1. The average molecular weight is 301 g/mol. The highest BCUT2D eigenvalue weighted by Crippen LogP contribution is 2.21. The van der Waals surface area contributed by atoms with Crippen LogP contribution in [0.15, 0.2) is 22.8 Å². The van der Waals surface area contributed by atoms with Gasteiger partial charge < -0.3 is 9.84 Å². The molecule has 0 saturated carbocycles. The second kappa shape index (κ2) is 5.57. The molecule has 2 heterocycles. The number of carboxylic acid groups (broad SMARTS) is 1. The molecule has 0 aromatic carbocycles. The van der Waals surface area contributed by atoms with Crippen molar-refractivity contribution in [2.75, 3.05) is 26.3 Å². The monoisotopic (exact) mass is 300 g/mol. The van der Waals surface area contributed by atoms with E-state index in [4.69, 9.17) is 4.74 Å². The van der Waals surface area contributed by atoms with Crippen molar-refractivity contribution < 1.29 is 14.6 Å². The van der Waals surface area contributed by atoms with Crippen LogP contribution >= 0.6 is 15.9 Å². The van der Waals surface area contributed by atoms with Gasteiger partial charge in [-0.15, -0.1) is 0 Å². The van der Waals surface area contributed by atoms with Crippen molar-refractivity contribution in [1.82, 2.24) is 9.88 Å². The highest BCUT2D eigenvalue weighted by Gasteiger charge is 2.29. The molecular formula is C11H13BrN2O3. The molecule has 1 aliphatic heterocycles. The first-order chi connectivity index (χ1) is 8.18. The lowest BCUT2D eigenvalue weighted by Crippen LogP contribution is -2.42. The lowest BCUT2D eigenvalue weighted by atomic mass is 10.1. The van der Waals surface area contributed by atoms with Gasteiger partial charge in [0.1, 0.15) is 4.60 Å². The number of hydrogen-bond acceptors (Lipinski definition) is 4. The lowest BCUT2D eigenvalue weighted by Gasteiger charge is -2.31. The van der Waals surface area contributed by atoms with Crippen molar-refractivity contribution in [3.05, 3.63) is 28.5 Å². The van der Waals surface area contributed by atoms with Crippen LogP contribution in [0.5, 0.6) is 0 Å². The van der Waals surface area contributed by atoms with Crippen LogP contribution in [0, 0.1) is 0 Å². The molecule has 2 rings (SSSR count). The summed E-state index contributed by atoms with van der Waals surface area (Å²) in [5.41, 5.74) is 0.550. The summed E-state index contributed by atoms with van der Waals surface area (Å²) in [4.78, 5) is 17.5. The van der Waals surface area contributed by atoms with Gasteiger partial charge in [0.25, 0.3) is 0 Å². The Morgan fingerprint density at radius 1 is 1.47 bits per heavy atom. The van der Waals surface area contributed by atoms with Gasteiger partial charge in [-0.1, -0.05) is 6.07 Å². The van der Waals surface area contributed by atoms with E-state index in [1.165, 1.54) is 0 Å². The van der Waals surface area contributed by atoms with Crippen LogP contribution in [-0.4, -0.2) is 47.3 Å². The number of rotatable bonds is 3. The Labute approximate surface area is 108 Å². The van der Waals surface area contributed by atoms with Crippen LogP contribution in [0.25, 0.3) is 0 Å². The summed E-state index contributed by atoms with van der Waals surface area (Å²) in [6.45, 7) is 2.37. The van der Waals surface area contributed by atoms with Gasteiger partial charge in [0, 0.05) is 13.1 Å². The minimum absolute atomic E-state index is 0.550. The fourth-order valence-corrected chi connectivity index (χ4v) is 2.24. The Bertz CT molecular complexity index is 407. The topological polar surface area (TPSA) is 62.7 Å². The molecule has 1 saturated heterocycles. The molecule has 5 nitrogen and oxygen atoms in total. The maximum atomic E-state index is 11.4. The predicted octanol–water partition coefficient (Wildman–Crippen LogP) is 1.30. The number of ether oxygens (including phenoxy) is 1. The standard InChI is InChI=1S/C11H13BrN2O3/c12-9-3-1-2-8(13-9)10(11(15)16)14-4-6-17-7-5-14/h1-3,10H,4-7H2,(H,15,16). The van der Waals surface area contributed by atoms with Crippen molar-refractivity contribution in [2.45, 2.75) is 6.04 Å². The van der Waals surface area contributed by atoms with Crippen LogP contribution in [0.3, 0.4) is 0 Å². The SMILES string of the molecule is O=C(O)C(c1cccc(Br)n1)N1CCOCC1. The highest BCUT2D eigenvalue weighted by atomic mass is 79.9. The average Bonchev–Trinajstić information content (AvgIpc) is 2.30. The Hall–Kier alpha value is -0.980. The Morgan fingerprint density at radius 3 is 2.76 bits per heavy atom. The fourth-order valence-electron chi connectivity index (χ4n) is 1.88.